The molecule has 0 bridgehead atoms. The van der Waals surface area contributed by atoms with Gasteiger partial charge in [0.2, 0.25) is 5.91 Å². The lowest BCUT2D eigenvalue weighted by molar-refractivity contribution is -0.141. The molecule has 0 aromatic heterocycles. The standard InChI is InChI=1S/C15H18ClN3O3/c1-9-2-3-11(8-12(9)16)18-14(21)15(22)19-13(20)10-4-6-17-7-5-10/h2-3,8,10,17H,4-7H2,1H3,(H,18,21)(H,19,20,22). The molecule has 3 amide bonds. The van der Waals surface area contributed by atoms with Gasteiger partial charge in [0.25, 0.3) is 0 Å². The second kappa shape index (κ2) is 7.38. The van der Waals surface area contributed by atoms with E-state index in [4.69, 9.17) is 11.6 Å². The van der Waals surface area contributed by atoms with Crippen LogP contribution in [-0.4, -0.2) is 30.8 Å². The lowest BCUT2D eigenvalue weighted by atomic mass is 9.97. The van der Waals surface area contributed by atoms with Crippen LogP contribution >= 0.6 is 11.6 Å². The Labute approximate surface area is 133 Å². The summed E-state index contributed by atoms with van der Waals surface area (Å²) in [4.78, 5) is 35.5. The number of halogens is 1. The molecule has 1 fully saturated rings. The summed E-state index contributed by atoms with van der Waals surface area (Å²) in [6.07, 6.45) is 1.32. The van der Waals surface area contributed by atoms with Crippen molar-refractivity contribution in [3.8, 4) is 0 Å². The van der Waals surface area contributed by atoms with Crippen molar-refractivity contribution in [3.63, 3.8) is 0 Å². The third-order valence-corrected chi connectivity index (χ3v) is 3.99. The maximum absolute atomic E-state index is 11.9. The smallest absolute Gasteiger partial charge is 0.316 e. The SMILES string of the molecule is Cc1ccc(NC(=O)C(=O)NC(=O)C2CCNCC2)cc1Cl. The van der Waals surface area contributed by atoms with E-state index in [9.17, 15) is 14.4 Å². The van der Waals surface area contributed by atoms with E-state index in [2.05, 4.69) is 16.0 Å². The molecule has 0 saturated carbocycles. The highest BCUT2D eigenvalue weighted by Gasteiger charge is 2.25. The van der Waals surface area contributed by atoms with Gasteiger partial charge in [-0.25, -0.2) is 0 Å². The minimum atomic E-state index is -0.958. The fraction of sp³-hybridized carbons (Fsp3) is 0.400. The molecule has 0 unspecified atom stereocenters. The number of amides is 3. The molecule has 1 aliphatic heterocycles. The number of hydrogen-bond donors (Lipinski definition) is 3. The predicted octanol–water partition coefficient (Wildman–Crippen LogP) is 1.23. The third-order valence-electron chi connectivity index (χ3n) is 3.58. The second-order valence-corrected chi connectivity index (χ2v) is 5.67. The lowest BCUT2D eigenvalue weighted by Crippen LogP contribution is -2.44. The van der Waals surface area contributed by atoms with Gasteiger partial charge in [-0.2, -0.15) is 0 Å². The number of anilines is 1. The quantitative estimate of drug-likeness (QED) is 0.714. The van der Waals surface area contributed by atoms with Crippen molar-refractivity contribution in [1.82, 2.24) is 10.6 Å². The molecule has 0 spiro atoms. The van der Waals surface area contributed by atoms with E-state index in [0.717, 1.165) is 18.7 Å². The van der Waals surface area contributed by atoms with Crippen LogP contribution in [0.4, 0.5) is 5.69 Å². The van der Waals surface area contributed by atoms with Crippen molar-refractivity contribution in [3.05, 3.63) is 28.8 Å². The molecule has 118 valence electrons. The van der Waals surface area contributed by atoms with Crippen LogP contribution in [0.1, 0.15) is 18.4 Å². The van der Waals surface area contributed by atoms with E-state index < -0.39 is 17.7 Å². The van der Waals surface area contributed by atoms with E-state index in [-0.39, 0.29) is 5.92 Å². The van der Waals surface area contributed by atoms with Crippen LogP contribution in [0, 0.1) is 12.8 Å². The minimum Gasteiger partial charge on any atom is -0.318 e. The van der Waals surface area contributed by atoms with Crippen LogP contribution < -0.4 is 16.0 Å². The summed E-state index contributed by atoms with van der Waals surface area (Å²) in [5, 5.41) is 8.18. The molecular formula is C15H18ClN3O3. The van der Waals surface area contributed by atoms with Crippen molar-refractivity contribution >= 4 is 35.0 Å². The molecule has 0 atom stereocenters. The minimum absolute atomic E-state index is 0.230. The number of carbonyl (C=O) groups excluding carboxylic acids is 3. The van der Waals surface area contributed by atoms with Gasteiger partial charge in [0, 0.05) is 16.6 Å². The largest absolute Gasteiger partial charge is 0.318 e. The number of nitrogens with one attached hydrogen (secondary N) is 3. The highest BCUT2D eigenvalue weighted by atomic mass is 35.5. The fourth-order valence-electron chi connectivity index (χ4n) is 2.21. The maximum atomic E-state index is 11.9. The summed E-state index contributed by atoms with van der Waals surface area (Å²) in [5.74, 6) is -2.47. The first-order valence-electron chi connectivity index (χ1n) is 7.10. The molecule has 2 rings (SSSR count). The number of imide groups is 1. The van der Waals surface area contributed by atoms with Crippen molar-refractivity contribution in [2.75, 3.05) is 18.4 Å². The monoisotopic (exact) mass is 323 g/mol. The molecule has 7 heteroatoms. The molecule has 1 aromatic rings. The van der Waals surface area contributed by atoms with Crippen molar-refractivity contribution in [2.24, 2.45) is 5.92 Å². The van der Waals surface area contributed by atoms with Gasteiger partial charge in [0.05, 0.1) is 0 Å². The molecule has 3 N–H and O–H groups in total. The van der Waals surface area contributed by atoms with E-state index in [1.807, 2.05) is 6.92 Å². The van der Waals surface area contributed by atoms with Gasteiger partial charge < -0.3 is 10.6 Å². The van der Waals surface area contributed by atoms with Gasteiger partial charge >= 0.3 is 11.8 Å². The number of piperidine rings is 1. The highest BCUT2D eigenvalue weighted by Crippen LogP contribution is 2.19. The Morgan fingerprint density at radius 2 is 1.86 bits per heavy atom. The van der Waals surface area contributed by atoms with Gasteiger partial charge in [-0.05, 0) is 50.6 Å². The zero-order valence-electron chi connectivity index (χ0n) is 12.2. The van der Waals surface area contributed by atoms with Crippen LogP contribution in [0.3, 0.4) is 0 Å². The summed E-state index contributed by atoms with van der Waals surface area (Å²) < 4.78 is 0. The average molecular weight is 324 g/mol. The van der Waals surface area contributed by atoms with Crippen LogP contribution in [0.25, 0.3) is 0 Å². The van der Waals surface area contributed by atoms with Crippen LogP contribution in [0.2, 0.25) is 5.02 Å². The zero-order valence-corrected chi connectivity index (χ0v) is 13.0. The van der Waals surface area contributed by atoms with Gasteiger partial charge in [-0.3, -0.25) is 19.7 Å². The number of aryl methyl sites for hydroxylation is 1. The number of carbonyl (C=O) groups is 3. The summed E-state index contributed by atoms with van der Waals surface area (Å²) in [6, 6.07) is 4.92. The fourth-order valence-corrected chi connectivity index (χ4v) is 2.39. The van der Waals surface area contributed by atoms with E-state index in [1.54, 1.807) is 18.2 Å². The normalized spacial score (nSPS) is 15.2. The summed E-state index contributed by atoms with van der Waals surface area (Å²) >= 11 is 5.95. The topological polar surface area (TPSA) is 87.3 Å². The first-order valence-corrected chi connectivity index (χ1v) is 7.48. The summed E-state index contributed by atoms with van der Waals surface area (Å²) in [6.45, 7) is 3.30. The molecule has 1 heterocycles. The Morgan fingerprint density at radius 1 is 1.18 bits per heavy atom. The van der Waals surface area contributed by atoms with Crippen LogP contribution in [-0.2, 0) is 14.4 Å². The highest BCUT2D eigenvalue weighted by molar-refractivity contribution is 6.42. The Bertz CT molecular complexity index is 598. The molecule has 1 saturated heterocycles. The lowest BCUT2D eigenvalue weighted by Gasteiger charge is -2.21. The zero-order chi connectivity index (χ0) is 16.1. The first kappa shape index (κ1) is 16.5. The Morgan fingerprint density at radius 3 is 2.50 bits per heavy atom. The van der Waals surface area contributed by atoms with Gasteiger partial charge in [-0.1, -0.05) is 17.7 Å². The second-order valence-electron chi connectivity index (χ2n) is 5.26. The average Bonchev–Trinajstić information content (AvgIpc) is 2.51. The van der Waals surface area contributed by atoms with Crippen LogP contribution in [0.5, 0.6) is 0 Å². The predicted molar refractivity (Wildman–Crippen MR) is 83.6 cm³/mol. The Hall–Kier alpha value is -1.92. The van der Waals surface area contributed by atoms with Crippen molar-refractivity contribution < 1.29 is 14.4 Å². The Balaban J connectivity index is 1.89. The molecule has 6 nitrogen and oxygen atoms in total. The number of rotatable bonds is 2. The number of hydrogen-bond acceptors (Lipinski definition) is 4. The van der Waals surface area contributed by atoms with E-state index in [0.29, 0.717) is 23.6 Å². The van der Waals surface area contributed by atoms with Crippen molar-refractivity contribution in [1.29, 1.82) is 0 Å². The van der Waals surface area contributed by atoms with E-state index in [1.165, 1.54) is 0 Å². The maximum Gasteiger partial charge on any atom is 0.316 e. The molecule has 0 aliphatic carbocycles. The van der Waals surface area contributed by atoms with Crippen LogP contribution in [0.15, 0.2) is 18.2 Å². The van der Waals surface area contributed by atoms with Gasteiger partial charge in [0.1, 0.15) is 0 Å². The molecular weight excluding hydrogens is 306 g/mol. The van der Waals surface area contributed by atoms with Gasteiger partial charge in [0.15, 0.2) is 0 Å². The molecule has 1 aromatic carbocycles. The van der Waals surface area contributed by atoms with Gasteiger partial charge in [-0.15, -0.1) is 0 Å². The number of benzene rings is 1. The molecule has 1 aliphatic rings. The summed E-state index contributed by atoms with van der Waals surface area (Å²) in [7, 11) is 0. The molecule has 22 heavy (non-hydrogen) atoms. The van der Waals surface area contributed by atoms with Crippen molar-refractivity contribution in [2.45, 2.75) is 19.8 Å². The first-order chi connectivity index (χ1) is 10.5. The van der Waals surface area contributed by atoms with E-state index >= 15 is 0 Å². The third kappa shape index (κ3) is 4.29. The Kier molecular flexibility index (Phi) is 5.51. The summed E-state index contributed by atoms with van der Waals surface area (Å²) in [5.41, 5.74) is 1.27. The molecule has 0 radical (unpaired) electrons.